The number of halogens is 2. The molecule has 0 aliphatic rings. The quantitative estimate of drug-likeness (QED) is 0.326. The van der Waals surface area contributed by atoms with Gasteiger partial charge in [-0.15, -0.1) is 0 Å². The van der Waals surface area contributed by atoms with Crippen LogP contribution in [0.4, 0.5) is 4.79 Å². The standard InChI is InChI=1S/C24H23Cl2NO4/c1-24(2,3)31-23(29)27-13-12-18-17(6-5-7-21(18)27)16(9-11-22(28)30-4)15-8-10-19(25)20(26)14-15/h5-14,16H,1-4H3/t16-/m0/s1. The zero-order valence-electron chi connectivity index (χ0n) is 17.7. The summed E-state index contributed by atoms with van der Waals surface area (Å²) in [6.07, 6.45) is 4.33. The lowest BCUT2D eigenvalue weighted by atomic mass is 9.89. The number of methoxy groups -OCH3 is 1. The van der Waals surface area contributed by atoms with Crippen LogP contribution < -0.4 is 0 Å². The highest BCUT2D eigenvalue weighted by molar-refractivity contribution is 6.42. The number of aromatic nitrogens is 1. The Bertz CT molecular complexity index is 1160. The number of rotatable bonds is 4. The molecule has 0 fully saturated rings. The molecule has 1 aromatic heterocycles. The highest BCUT2D eigenvalue weighted by Gasteiger charge is 2.22. The fourth-order valence-electron chi connectivity index (χ4n) is 3.28. The number of benzene rings is 2. The summed E-state index contributed by atoms with van der Waals surface area (Å²) < 4.78 is 11.7. The van der Waals surface area contributed by atoms with Crippen molar-refractivity contribution in [2.24, 2.45) is 0 Å². The zero-order chi connectivity index (χ0) is 22.8. The highest BCUT2D eigenvalue weighted by atomic mass is 35.5. The molecular formula is C24H23Cl2NO4. The molecule has 0 saturated carbocycles. The average molecular weight is 460 g/mol. The fourth-order valence-corrected chi connectivity index (χ4v) is 3.58. The van der Waals surface area contributed by atoms with Crippen LogP contribution in [0, 0.1) is 0 Å². The molecule has 0 aliphatic carbocycles. The summed E-state index contributed by atoms with van der Waals surface area (Å²) in [6.45, 7) is 5.46. The van der Waals surface area contributed by atoms with Gasteiger partial charge < -0.3 is 9.47 Å². The van der Waals surface area contributed by atoms with Gasteiger partial charge in [0, 0.05) is 23.6 Å². The van der Waals surface area contributed by atoms with E-state index in [0.717, 1.165) is 16.5 Å². The Hall–Kier alpha value is -2.76. The Morgan fingerprint density at radius 3 is 2.45 bits per heavy atom. The first-order valence-corrected chi connectivity index (χ1v) is 10.4. The predicted molar refractivity (Wildman–Crippen MR) is 123 cm³/mol. The fraction of sp³-hybridized carbons (Fsp3) is 0.250. The molecule has 0 unspecified atom stereocenters. The number of ether oxygens (including phenoxy) is 2. The lowest BCUT2D eigenvalue weighted by Gasteiger charge is -2.20. The molecule has 0 bridgehead atoms. The smallest absolute Gasteiger partial charge is 0.418 e. The van der Waals surface area contributed by atoms with E-state index in [-0.39, 0.29) is 5.92 Å². The van der Waals surface area contributed by atoms with Gasteiger partial charge in [-0.3, -0.25) is 4.57 Å². The first-order valence-electron chi connectivity index (χ1n) is 9.65. The van der Waals surface area contributed by atoms with Crippen molar-refractivity contribution in [1.29, 1.82) is 0 Å². The number of nitrogens with zero attached hydrogens (tertiary/aromatic N) is 1. The van der Waals surface area contributed by atoms with Crippen LogP contribution >= 0.6 is 23.2 Å². The van der Waals surface area contributed by atoms with Gasteiger partial charge in [0.05, 0.1) is 22.7 Å². The number of hydrogen-bond acceptors (Lipinski definition) is 4. The molecule has 5 nitrogen and oxygen atoms in total. The van der Waals surface area contributed by atoms with Gasteiger partial charge in [-0.2, -0.15) is 0 Å². The molecule has 0 N–H and O–H groups in total. The van der Waals surface area contributed by atoms with E-state index in [1.807, 2.05) is 51.1 Å². The summed E-state index contributed by atoms with van der Waals surface area (Å²) in [5.41, 5.74) is 1.81. The molecule has 1 atom stereocenters. The van der Waals surface area contributed by atoms with Gasteiger partial charge in [-0.1, -0.05) is 47.5 Å². The number of hydrogen-bond donors (Lipinski definition) is 0. The lowest BCUT2D eigenvalue weighted by molar-refractivity contribution is -0.134. The molecule has 0 radical (unpaired) electrons. The molecule has 31 heavy (non-hydrogen) atoms. The Morgan fingerprint density at radius 2 is 1.81 bits per heavy atom. The third-order valence-electron chi connectivity index (χ3n) is 4.62. The van der Waals surface area contributed by atoms with Crippen molar-refractivity contribution in [2.75, 3.05) is 7.11 Å². The largest absolute Gasteiger partial charge is 0.466 e. The van der Waals surface area contributed by atoms with Gasteiger partial charge in [0.25, 0.3) is 0 Å². The molecule has 3 aromatic rings. The van der Waals surface area contributed by atoms with Crippen molar-refractivity contribution < 1.29 is 19.1 Å². The van der Waals surface area contributed by atoms with Crippen molar-refractivity contribution in [3.05, 3.63) is 82.0 Å². The van der Waals surface area contributed by atoms with E-state index in [0.29, 0.717) is 15.6 Å². The van der Waals surface area contributed by atoms with Crippen molar-refractivity contribution >= 4 is 46.2 Å². The second kappa shape index (κ2) is 9.16. The van der Waals surface area contributed by atoms with Gasteiger partial charge in [-0.25, -0.2) is 9.59 Å². The van der Waals surface area contributed by atoms with Crippen molar-refractivity contribution in [3.63, 3.8) is 0 Å². The number of allylic oxidation sites excluding steroid dienone is 1. The minimum Gasteiger partial charge on any atom is -0.466 e. The molecule has 162 valence electrons. The van der Waals surface area contributed by atoms with Gasteiger partial charge in [0.2, 0.25) is 0 Å². The van der Waals surface area contributed by atoms with Crippen LogP contribution in [0.1, 0.15) is 37.8 Å². The van der Waals surface area contributed by atoms with E-state index < -0.39 is 17.7 Å². The third-order valence-corrected chi connectivity index (χ3v) is 5.36. The lowest BCUT2D eigenvalue weighted by Crippen LogP contribution is -2.26. The Labute approximate surface area is 191 Å². The van der Waals surface area contributed by atoms with Crippen molar-refractivity contribution in [2.45, 2.75) is 32.3 Å². The van der Waals surface area contributed by atoms with Gasteiger partial charge in [-0.05, 0) is 56.2 Å². The Balaban J connectivity index is 2.13. The van der Waals surface area contributed by atoms with Crippen LogP contribution in [0.5, 0.6) is 0 Å². The van der Waals surface area contributed by atoms with E-state index >= 15 is 0 Å². The number of fused-ring (bicyclic) bond motifs is 1. The third kappa shape index (κ3) is 5.30. The molecule has 7 heteroatoms. The summed E-state index contributed by atoms with van der Waals surface area (Å²) in [5.74, 6) is -0.796. The topological polar surface area (TPSA) is 57.5 Å². The Kier molecular flexibility index (Phi) is 6.77. The Morgan fingerprint density at radius 1 is 1.06 bits per heavy atom. The number of carbonyl (C=O) groups excluding carboxylic acids is 2. The van der Waals surface area contributed by atoms with Crippen LogP contribution in [0.25, 0.3) is 10.9 Å². The van der Waals surface area contributed by atoms with E-state index in [1.54, 1.807) is 24.4 Å². The minimum atomic E-state index is -0.614. The highest BCUT2D eigenvalue weighted by Crippen LogP contribution is 2.35. The van der Waals surface area contributed by atoms with Crippen molar-refractivity contribution in [1.82, 2.24) is 4.57 Å². The van der Waals surface area contributed by atoms with Gasteiger partial charge >= 0.3 is 12.1 Å². The SMILES string of the molecule is COC(=O)C=C[C@@H](c1ccc(Cl)c(Cl)c1)c1cccc2c1ccn2C(=O)OC(C)(C)C. The maximum Gasteiger partial charge on any atom is 0.418 e. The van der Waals surface area contributed by atoms with Crippen molar-refractivity contribution in [3.8, 4) is 0 Å². The normalized spacial score (nSPS) is 12.8. The van der Waals surface area contributed by atoms with E-state index in [9.17, 15) is 9.59 Å². The molecule has 0 spiro atoms. The predicted octanol–water partition coefficient (Wildman–Crippen LogP) is 6.59. The maximum atomic E-state index is 12.7. The minimum absolute atomic E-state index is 0.327. The molecule has 3 rings (SSSR count). The summed E-state index contributed by atoms with van der Waals surface area (Å²) in [5, 5.41) is 1.70. The van der Waals surface area contributed by atoms with Crippen LogP contribution in [0.15, 0.2) is 60.8 Å². The molecule has 0 saturated heterocycles. The molecular weight excluding hydrogens is 437 g/mol. The monoisotopic (exact) mass is 459 g/mol. The summed E-state index contributed by atoms with van der Waals surface area (Å²) in [4.78, 5) is 24.4. The summed E-state index contributed by atoms with van der Waals surface area (Å²) in [7, 11) is 1.32. The van der Waals surface area contributed by atoms with Gasteiger partial charge in [0.1, 0.15) is 5.60 Å². The molecule has 2 aromatic carbocycles. The van der Waals surface area contributed by atoms with E-state index in [2.05, 4.69) is 0 Å². The van der Waals surface area contributed by atoms with Crippen LogP contribution in [0.3, 0.4) is 0 Å². The molecule has 0 amide bonds. The second-order valence-corrected chi connectivity index (χ2v) is 8.79. The molecule has 0 aliphatic heterocycles. The first kappa shape index (κ1) is 22.9. The zero-order valence-corrected chi connectivity index (χ0v) is 19.2. The van der Waals surface area contributed by atoms with Crippen LogP contribution in [0.2, 0.25) is 10.0 Å². The summed E-state index contributed by atoms with van der Waals surface area (Å²) in [6, 6.07) is 12.8. The van der Waals surface area contributed by atoms with Gasteiger partial charge in [0.15, 0.2) is 0 Å². The van der Waals surface area contributed by atoms with Crippen LogP contribution in [-0.4, -0.2) is 29.3 Å². The number of carbonyl (C=O) groups is 2. The van der Waals surface area contributed by atoms with E-state index in [4.69, 9.17) is 32.7 Å². The van der Waals surface area contributed by atoms with E-state index in [1.165, 1.54) is 17.8 Å². The number of esters is 1. The average Bonchev–Trinajstić information content (AvgIpc) is 3.14. The maximum absolute atomic E-state index is 12.7. The van der Waals surface area contributed by atoms with Crippen LogP contribution in [-0.2, 0) is 14.3 Å². The second-order valence-electron chi connectivity index (χ2n) is 7.98. The molecule has 1 heterocycles. The summed E-state index contributed by atoms with van der Waals surface area (Å²) >= 11 is 12.3. The first-order chi connectivity index (χ1) is 14.6.